The highest BCUT2D eigenvalue weighted by atomic mass is 16.1. The first-order chi connectivity index (χ1) is 7.72. The van der Waals surface area contributed by atoms with Gasteiger partial charge in [-0.05, 0) is 31.2 Å². The number of hydrogen-bond acceptors (Lipinski definition) is 2. The van der Waals surface area contributed by atoms with Crippen molar-refractivity contribution in [3.05, 3.63) is 12.7 Å². The molecule has 3 nitrogen and oxygen atoms in total. The van der Waals surface area contributed by atoms with Gasteiger partial charge in [-0.1, -0.05) is 25.3 Å². The molecule has 1 fully saturated rings. The third-order valence-corrected chi connectivity index (χ3v) is 3.55. The number of amides is 1. The van der Waals surface area contributed by atoms with E-state index in [1.165, 1.54) is 19.3 Å². The molecule has 0 radical (unpaired) electrons. The molecule has 0 aromatic rings. The smallest absolute Gasteiger partial charge is 0.220 e. The molecular formula is C13H24N2O. The molecular weight excluding hydrogens is 200 g/mol. The van der Waals surface area contributed by atoms with Gasteiger partial charge in [-0.3, -0.25) is 4.79 Å². The van der Waals surface area contributed by atoms with Crippen molar-refractivity contribution >= 4 is 5.91 Å². The van der Waals surface area contributed by atoms with E-state index < -0.39 is 0 Å². The molecule has 0 aliphatic heterocycles. The van der Waals surface area contributed by atoms with E-state index in [1.807, 2.05) is 6.08 Å². The summed E-state index contributed by atoms with van der Waals surface area (Å²) in [6, 6.07) is 0. The fraction of sp³-hybridized carbons (Fsp3) is 0.769. The molecule has 0 aromatic carbocycles. The maximum absolute atomic E-state index is 11.7. The Morgan fingerprint density at radius 3 is 2.62 bits per heavy atom. The van der Waals surface area contributed by atoms with Gasteiger partial charge in [0.15, 0.2) is 0 Å². The predicted molar refractivity (Wildman–Crippen MR) is 67.0 cm³/mol. The first-order valence-electron chi connectivity index (χ1n) is 6.30. The maximum atomic E-state index is 11.7. The van der Waals surface area contributed by atoms with Crippen LogP contribution in [0.5, 0.6) is 0 Å². The molecule has 1 amide bonds. The molecule has 16 heavy (non-hydrogen) atoms. The molecule has 1 aliphatic carbocycles. The standard InChI is InChI=1S/C13H24N2O/c1-2-3-9-15-12(16)10-13(11-14)7-5-4-6-8-13/h2H,1,3-11,14H2,(H,15,16). The van der Waals surface area contributed by atoms with Crippen molar-refractivity contribution in [2.24, 2.45) is 11.1 Å². The number of nitrogens with one attached hydrogen (secondary N) is 1. The SMILES string of the molecule is C=CCCNC(=O)CC1(CN)CCCCC1. The van der Waals surface area contributed by atoms with Crippen LogP contribution in [0.3, 0.4) is 0 Å². The summed E-state index contributed by atoms with van der Waals surface area (Å²) in [5, 5.41) is 2.92. The molecule has 0 heterocycles. The third kappa shape index (κ3) is 3.97. The van der Waals surface area contributed by atoms with Gasteiger partial charge < -0.3 is 11.1 Å². The van der Waals surface area contributed by atoms with Gasteiger partial charge in [0.25, 0.3) is 0 Å². The summed E-state index contributed by atoms with van der Waals surface area (Å²) in [4.78, 5) is 11.7. The van der Waals surface area contributed by atoms with Crippen molar-refractivity contribution in [1.82, 2.24) is 5.32 Å². The minimum Gasteiger partial charge on any atom is -0.356 e. The number of carbonyl (C=O) groups is 1. The van der Waals surface area contributed by atoms with E-state index in [9.17, 15) is 4.79 Å². The highest BCUT2D eigenvalue weighted by Crippen LogP contribution is 2.38. The second-order valence-corrected chi connectivity index (χ2v) is 4.87. The fourth-order valence-corrected chi connectivity index (χ4v) is 2.47. The van der Waals surface area contributed by atoms with Crippen LogP contribution < -0.4 is 11.1 Å². The van der Waals surface area contributed by atoms with Gasteiger partial charge in [-0.2, -0.15) is 0 Å². The molecule has 0 saturated heterocycles. The van der Waals surface area contributed by atoms with Gasteiger partial charge in [0.2, 0.25) is 5.91 Å². The quantitative estimate of drug-likeness (QED) is 0.535. The molecule has 1 rings (SSSR count). The zero-order valence-electron chi connectivity index (χ0n) is 10.1. The van der Waals surface area contributed by atoms with Crippen molar-refractivity contribution in [3.63, 3.8) is 0 Å². The van der Waals surface area contributed by atoms with Crippen molar-refractivity contribution in [2.75, 3.05) is 13.1 Å². The average molecular weight is 224 g/mol. The third-order valence-electron chi connectivity index (χ3n) is 3.55. The Bertz CT molecular complexity index is 232. The summed E-state index contributed by atoms with van der Waals surface area (Å²) >= 11 is 0. The fourth-order valence-electron chi connectivity index (χ4n) is 2.47. The van der Waals surface area contributed by atoms with E-state index in [0.29, 0.717) is 19.5 Å². The van der Waals surface area contributed by atoms with E-state index in [0.717, 1.165) is 19.3 Å². The Morgan fingerprint density at radius 2 is 2.06 bits per heavy atom. The summed E-state index contributed by atoms with van der Waals surface area (Å²) in [5.74, 6) is 0.147. The van der Waals surface area contributed by atoms with Crippen LogP contribution in [0.15, 0.2) is 12.7 Å². The molecule has 0 unspecified atom stereocenters. The molecule has 1 aliphatic rings. The number of carbonyl (C=O) groups excluding carboxylic acids is 1. The van der Waals surface area contributed by atoms with Gasteiger partial charge in [0, 0.05) is 13.0 Å². The van der Waals surface area contributed by atoms with E-state index in [2.05, 4.69) is 11.9 Å². The second kappa shape index (κ2) is 6.69. The highest BCUT2D eigenvalue weighted by Gasteiger charge is 2.32. The largest absolute Gasteiger partial charge is 0.356 e. The Hall–Kier alpha value is -0.830. The predicted octanol–water partition coefficient (Wildman–Crippen LogP) is 1.98. The maximum Gasteiger partial charge on any atom is 0.220 e. The molecule has 92 valence electrons. The topological polar surface area (TPSA) is 55.1 Å². The van der Waals surface area contributed by atoms with Crippen LogP contribution >= 0.6 is 0 Å². The highest BCUT2D eigenvalue weighted by molar-refractivity contribution is 5.76. The van der Waals surface area contributed by atoms with E-state index >= 15 is 0 Å². The van der Waals surface area contributed by atoms with Gasteiger partial charge in [0.05, 0.1) is 0 Å². The van der Waals surface area contributed by atoms with Crippen LogP contribution in [0.4, 0.5) is 0 Å². The first-order valence-corrected chi connectivity index (χ1v) is 6.30. The minimum absolute atomic E-state index is 0.0799. The molecule has 3 N–H and O–H groups in total. The molecule has 0 aromatic heterocycles. The number of nitrogens with two attached hydrogens (primary N) is 1. The van der Waals surface area contributed by atoms with Crippen LogP contribution in [0.1, 0.15) is 44.9 Å². The molecule has 1 saturated carbocycles. The molecule has 3 heteroatoms. The summed E-state index contributed by atoms with van der Waals surface area (Å²) in [6.07, 6.45) is 9.20. The molecule has 0 spiro atoms. The molecule has 0 atom stereocenters. The van der Waals surface area contributed by atoms with Gasteiger partial charge >= 0.3 is 0 Å². The van der Waals surface area contributed by atoms with Gasteiger partial charge in [0.1, 0.15) is 0 Å². The Labute approximate surface area is 98.5 Å². The van der Waals surface area contributed by atoms with Crippen LogP contribution in [0, 0.1) is 5.41 Å². The van der Waals surface area contributed by atoms with Crippen LogP contribution in [0.25, 0.3) is 0 Å². The van der Waals surface area contributed by atoms with Crippen LogP contribution in [0.2, 0.25) is 0 Å². The molecule has 0 bridgehead atoms. The van der Waals surface area contributed by atoms with Crippen molar-refractivity contribution in [3.8, 4) is 0 Å². The van der Waals surface area contributed by atoms with Gasteiger partial charge in [-0.25, -0.2) is 0 Å². The summed E-state index contributed by atoms with van der Waals surface area (Å²) in [7, 11) is 0. The van der Waals surface area contributed by atoms with E-state index in [4.69, 9.17) is 5.73 Å². The number of rotatable bonds is 6. The van der Waals surface area contributed by atoms with Crippen molar-refractivity contribution < 1.29 is 4.79 Å². The van der Waals surface area contributed by atoms with Crippen molar-refractivity contribution in [1.29, 1.82) is 0 Å². The zero-order valence-corrected chi connectivity index (χ0v) is 10.1. The zero-order chi connectivity index (χ0) is 11.9. The summed E-state index contributed by atoms with van der Waals surface area (Å²) in [5.41, 5.74) is 5.93. The average Bonchev–Trinajstić information content (AvgIpc) is 2.30. The monoisotopic (exact) mass is 224 g/mol. The Morgan fingerprint density at radius 1 is 1.38 bits per heavy atom. The summed E-state index contributed by atoms with van der Waals surface area (Å²) < 4.78 is 0. The lowest BCUT2D eigenvalue weighted by molar-refractivity contribution is -0.123. The summed E-state index contributed by atoms with van der Waals surface area (Å²) in [6.45, 7) is 4.97. The van der Waals surface area contributed by atoms with Crippen LogP contribution in [-0.2, 0) is 4.79 Å². The lowest BCUT2D eigenvalue weighted by Crippen LogP contribution is -2.38. The first kappa shape index (κ1) is 13.2. The number of hydrogen-bond donors (Lipinski definition) is 2. The lowest BCUT2D eigenvalue weighted by Gasteiger charge is -2.35. The lowest BCUT2D eigenvalue weighted by atomic mass is 9.71. The normalized spacial score (nSPS) is 19.1. The van der Waals surface area contributed by atoms with E-state index in [1.54, 1.807) is 0 Å². The van der Waals surface area contributed by atoms with Gasteiger partial charge in [-0.15, -0.1) is 6.58 Å². The van der Waals surface area contributed by atoms with Crippen molar-refractivity contribution in [2.45, 2.75) is 44.9 Å². The Balaban J connectivity index is 2.36. The second-order valence-electron chi connectivity index (χ2n) is 4.87. The van der Waals surface area contributed by atoms with E-state index in [-0.39, 0.29) is 11.3 Å². The van der Waals surface area contributed by atoms with Crippen LogP contribution in [-0.4, -0.2) is 19.0 Å². The Kier molecular flexibility index (Phi) is 5.53. The minimum atomic E-state index is 0.0799.